The number of aryl methyl sites for hydroxylation is 1. The van der Waals surface area contributed by atoms with E-state index < -0.39 is 5.97 Å². The second kappa shape index (κ2) is 5.77. The Balaban J connectivity index is 1.93. The lowest BCUT2D eigenvalue weighted by Crippen LogP contribution is -2.25. The molecule has 0 aromatic carbocycles. The van der Waals surface area contributed by atoms with Gasteiger partial charge in [0.05, 0.1) is 17.9 Å². The van der Waals surface area contributed by atoms with Gasteiger partial charge in [-0.25, -0.2) is 14.8 Å². The number of aromatic carboxylic acids is 1. The SMILES string of the molecule is Cc1nc(NCC2CCCOC2)ncc1C(=O)O. The molecule has 0 spiro atoms. The van der Waals surface area contributed by atoms with Gasteiger partial charge in [-0.1, -0.05) is 0 Å². The second-order valence-corrected chi connectivity index (χ2v) is 4.46. The maximum absolute atomic E-state index is 10.8. The standard InChI is InChI=1S/C12H17N3O3/c1-8-10(11(16)17)6-14-12(15-8)13-5-9-3-2-4-18-7-9/h6,9H,2-5,7H2,1H3,(H,16,17)(H,13,14,15). The van der Waals surface area contributed by atoms with Crippen molar-refractivity contribution in [3.05, 3.63) is 17.5 Å². The predicted molar refractivity (Wildman–Crippen MR) is 65.8 cm³/mol. The summed E-state index contributed by atoms with van der Waals surface area (Å²) in [5, 5.41) is 12.0. The number of carbonyl (C=O) groups is 1. The first kappa shape index (κ1) is 12.8. The summed E-state index contributed by atoms with van der Waals surface area (Å²) in [6, 6.07) is 0. The number of nitrogens with zero attached hydrogens (tertiary/aromatic N) is 2. The molecule has 1 atom stereocenters. The summed E-state index contributed by atoms with van der Waals surface area (Å²) in [6.07, 6.45) is 3.56. The molecule has 0 saturated carbocycles. The zero-order valence-corrected chi connectivity index (χ0v) is 10.3. The van der Waals surface area contributed by atoms with Crippen LogP contribution in [0.1, 0.15) is 28.9 Å². The zero-order chi connectivity index (χ0) is 13.0. The lowest BCUT2D eigenvalue weighted by Gasteiger charge is -2.22. The molecule has 1 aromatic heterocycles. The molecule has 18 heavy (non-hydrogen) atoms. The van der Waals surface area contributed by atoms with E-state index in [4.69, 9.17) is 9.84 Å². The molecule has 0 aliphatic carbocycles. The number of carboxylic acids is 1. The highest BCUT2D eigenvalue weighted by molar-refractivity contribution is 5.88. The number of nitrogens with one attached hydrogen (secondary N) is 1. The monoisotopic (exact) mass is 251 g/mol. The van der Waals surface area contributed by atoms with E-state index in [2.05, 4.69) is 15.3 Å². The van der Waals surface area contributed by atoms with Crippen molar-refractivity contribution in [2.75, 3.05) is 25.1 Å². The largest absolute Gasteiger partial charge is 0.478 e. The highest BCUT2D eigenvalue weighted by atomic mass is 16.5. The molecule has 0 amide bonds. The first-order valence-corrected chi connectivity index (χ1v) is 6.05. The van der Waals surface area contributed by atoms with Crippen molar-refractivity contribution in [1.29, 1.82) is 0 Å². The Morgan fingerprint density at radius 1 is 1.67 bits per heavy atom. The summed E-state index contributed by atoms with van der Waals surface area (Å²) in [7, 11) is 0. The quantitative estimate of drug-likeness (QED) is 0.839. The third-order valence-electron chi connectivity index (χ3n) is 3.01. The zero-order valence-electron chi connectivity index (χ0n) is 10.3. The van der Waals surface area contributed by atoms with Crippen molar-refractivity contribution in [2.45, 2.75) is 19.8 Å². The molecule has 6 heteroatoms. The Kier molecular flexibility index (Phi) is 4.09. The lowest BCUT2D eigenvalue weighted by molar-refractivity contribution is 0.0594. The summed E-state index contributed by atoms with van der Waals surface area (Å²) >= 11 is 0. The Bertz CT molecular complexity index is 431. The van der Waals surface area contributed by atoms with E-state index in [1.54, 1.807) is 6.92 Å². The summed E-state index contributed by atoms with van der Waals surface area (Å²) in [5.41, 5.74) is 0.612. The predicted octanol–water partition coefficient (Wildman–Crippen LogP) is 1.32. The summed E-state index contributed by atoms with van der Waals surface area (Å²) < 4.78 is 5.39. The number of rotatable bonds is 4. The van der Waals surface area contributed by atoms with Crippen LogP contribution in [0.3, 0.4) is 0 Å². The number of aromatic nitrogens is 2. The van der Waals surface area contributed by atoms with Crippen molar-refractivity contribution in [2.24, 2.45) is 5.92 Å². The average Bonchev–Trinajstić information content (AvgIpc) is 2.37. The van der Waals surface area contributed by atoms with Crippen molar-refractivity contribution >= 4 is 11.9 Å². The topological polar surface area (TPSA) is 84.3 Å². The van der Waals surface area contributed by atoms with E-state index in [-0.39, 0.29) is 5.56 Å². The van der Waals surface area contributed by atoms with Crippen molar-refractivity contribution < 1.29 is 14.6 Å². The smallest absolute Gasteiger partial charge is 0.339 e. The first-order chi connectivity index (χ1) is 8.66. The van der Waals surface area contributed by atoms with Gasteiger partial charge in [-0.15, -0.1) is 0 Å². The van der Waals surface area contributed by atoms with Crippen LogP contribution in [0.15, 0.2) is 6.20 Å². The maximum atomic E-state index is 10.8. The minimum atomic E-state index is -1.00. The van der Waals surface area contributed by atoms with E-state index in [1.807, 2.05) is 0 Å². The highest BCUT2D eigenvalue weighted by Crippen LogP contribution is 2.14. The molecule has 98 valence electrons. The lowest BCUT2D eigenvalue weighted by atomic mass is 10.0. The number of anilines is 1. The third kappa shape index (κ3) is 3.16. The molecular formula is C12H17N3O3. The van der Waals surface area contributed by atoms with Gasteiger partial charge in [0, 0.05) is 19.3 Å². The van der Waals surface area contributed by atoms with E-state index in [1.165, 1.54) is 6.20 Å². The molecular weight excluding hydrogens is 234 g/mol. The van der Waals surface area contributed by atoms with Crippen LogP contribution >= 0.6 is 0 Å². The fourth-order valence-electron chi connectivity index (χ4n) is 1.97. The Morgan fingerprint density at radius 3 is 3.11 bits per heavy atom. The summed E-state index contributed by atoms with van der Waals surface area (Å²) in [5.74, 6) is -0.0513. The fraction of sp³-hybridized carbons (Fsp3) is 0.583. The Hall–Kier alpha value is -1.69. The number of carboxylic acid groups (broad SMARTS) is 1. The van der Waals surface area contributed by atoms with Crippen LogP contribution < -0.4 is 5.32 Å². The van der Waals surface area contributed by atoms with Gasteiger partial charge in [0.1, 0.15) is 0 Å². The van der Waals surface area contributed by atoms with Gasteiger partial charge >= 0.3 is 5.97 Å². The molecule has 0 radical (unpaired) electrons. The molecule has 6 nitrogen and oxygen atoms in total. The fourth-order valence-corrected chi connectivity index (χ4v) is 1.97. The van der Waals surface area contributed by atoms with Crippen molar-refractivity contribution in [1.82, 2.24) is 9.97 Å². The molecule has 1 aromatic rings. The first-order valence-electron chi connectivity index (χ1n) is 6.05. The van der Waals surface area contributed by atoms with Crippen LogP contribution in [0.4, 0.5) is 5.95 Å². The van der Waals surface area contributed by atoms with Gasteiger partial charge in [-0.2, -0.15) is 0 Å². The Morgan fingerprint density at radius 2 is 2.50 bits per heavy atom. The van der Waals surface area contributed by atoms with E-state index in [0.717, 1.165) is 32.6 Å². The molecule has 1 unspecified atom stereocenters. The normalized spacial score (nSPS) is 19.5. The average molecular weight is 251 g/mol. The van der Waals surface area contributed by atoms with Crippen LogP contribution in [-0.4, -0.2) is 40.8 Å². The van der Waals surface area contributed by atoms with Crippen LogP contribution in [0.25, 0.3) is 0 Å². The summed E-state index contributed by atoms with van der Waals surface area (Å²) in [4.78, 5) is 19.0. The van der Waals surface area contributed by atoms with Crippen molar-refractivity contribution in [3.8, 4) is 0 Å². The molecule has 2 rings (SSSR count). The number of ether oxygens (including phenoxy) is 1. The second-order valence-electron chi connectivity index (χ2n) is 4.46. The number of hydrogen-bond acceptors (Lipinski definition) is 5. The van der Waals surface area contributed by atoms with Crippen LogP contribution in [0, 0.1) is 12.8 Å². The minimum absolute atomic E-state index is 0.140. The van der Waals surface area contributed by atoms with Gasteiger partial charge in [0.15, 0.2) is 0 Å². The summed E-state index contributed by atoms with van der Waals surface area (Å²) in [6.45, 7) is 4.03. The molecule has 2 N–H and O–H groups in total. The highest BCUT2D eigenvalue weighted by Gasteiger charge is 2.15. The van der Waals surface area contributed by atoms with Crippen LogP contribution in [0.2, 0.25) is 0 Å². The molecule has 1 fully saturated rings. The van der Waals surface area contributed by atoms with Gasteiger partial charge in [-0.05, 0) is 25.7 Å². The van der Waals surface area contributed by atoms with Gasteiger partial charge in [0.25, 0.3) is 0 Å². The van der Waals surface area contributed by atoms with Gasteiger partial charge < -0.3 is 15.2 Å². The van der Waals surface area contributed by atoms with E-state index >= 15 is 0 Å². The van der Waals surface area contributed by atoms with Gasteiger partial charge in [0.2, 0.25) is 5.95 Å². The van der Waals surface area contributed by atoms with E-state index in [0.29, 0.717) is 17.6 Å². The molecule has 2 heterocycles. The third-order valence-corrected chi connectivity index (χ3v) is 3.01. The van der Waals surface area contributed by atoms with E-state index in [9.17, 15) is 4.79 Å². The molecule has 1 aliphatic rings. The Labute approximate surface area is 105 Å². The molecule has 1 saturated heterocycles. The van der Waals surface area contributed by atoms with Crippen LogP contribution in [0.5, 0.6) is 0 Å². The number of hydrogen-bond donors (Lipinski definition) is 2. The molecule has 0 bridgehead atoms. The van der Waals surface area contributed by atoms with Crippen molar-refractivity contribution in [3.63, 3.8) is 0 Å². The van der Waals surface area contributed by atoms with Crippen LogP contribution in [-0.2, 0) is 4.74 Å². The minimum Gasteiger partial charge on any atom is -0.478 e. The molecule has 1 aliphatic heterocycles. The van der Waals surface area contributed by atoms with Gasteiger partial charge in [-0.3, -0.25) is 0 Å². The maximum Gasteiger partial charge on any atom is 0.339 e.